The Balaban J connectivity index is 2.40. The van der Waals surface area contributed by atoms with Crippen LogP contribution in [0.1, 0.15) is 15.9 Å². The Labute approximate surface area is 91.3 Å². The first kappa shape index (κ1) is 10.2. The number of rotatable bonds is 3. The number of carboxylic acid groups (broad SMARTS) is 1. The number of carboxylic acids is 1. The van der Waals surface area contributed by atoms with Crippen molar-refractivity contribution >= 4 is 11.7 Å². The van der Waals surface area contributed by atoms with Crippen molar-refractivity contribution < 1.29 is 9.90 Å². The van der Waals surface area contributed by atoms with Crippen LogP contribution in [0.2, 0.25) is 0 Å². The maximum absolute atomic E-state index is 11.1. The van der Waals surface area contributed by atoms with Crippen LogP contribution >= 0.6 is 0 Å². The van der Waals surface area contributed by atoms with E-state index < -0.39 is 5.97 Å². The molecule has 1 aromatic carbocycles. The number of nitrogen functional groups attached to an aromatic ring is 1. The van der Waals surface area contributed by atoms with Gasteiger partial charge in [0.15, 0.2) is 0 Å². The van der Waals surface area contributed by atoms with Crippen LogP contribution in [0.25, 0.3) is 0 Å². The van der Waals surface area contributed by atoms with E-state index in [-0.39, 0.29) is 11.3 Å². The molecule has 0 aliphatic heterocycles. The number of benzene rings is 1. The highest BCUT2D eigenvalue weighted by Gasteiger charge is 2.13. The highest BCUT2D eigenvalue weighted by molar-refractivity contribution is 5.95. The number of anilines is 1. The van der Waals surface area contributed by atoms with E-state index in [1.54, 1.807) is 22.8 Å². The lowest BCUT2D eigenvalue weighted by molar-refractivity contribution is 0.0697. The number of nitrogens with zero attached hydrogens (tertiary/aromatic N) is 3. The molecule has 6 heteroatoms. The van der Waals surface area contributed by atoms with E-state index in [4.69, 9.17) is 10.8 Å². The quantitative estimate of drug-likeness (QED) is 0.736. The Bertz CT molecular complexity index is 508. The van der Waals surface area contributed by atoms with E-state index >= 15 is 0 Å². The van der Waals surface area contributed by atoms with Crippen molar-refractivity contribution in [3.8, 4) is 0 Å². The number of aromatic nitrogens is 3. The van der Waals surface area contributed by atoms with Crippen LogP contribution in [0.15, 0.2) is 30.9 Å². The van der Waals surface area contributed by atoms with Gasteiger partial charge in [0, 0.05) is 5.69 Å². The van der Waals surface area contributed by atoms with E-state index in [9.17, 15) is 4.79 Å². The van der Waals surface area contributed by atoms with E-state index in [1.807, 2.05) is 0 Å². The van der Waals surface area contributed by atoms with Gasteiger partial charge >= 0.3 is 5.97 Å². The zero-order valence-electron chi connectivity index (χ0n) is 8.37. The summed E-state index contributed by atoms with van der Waals surface area (Å²) in [6, 6.07) is 5.01. The third-order valence-electron chi connectivity index (χ3n) is 2.22. The lowest BCUT2D eigenvalue weighted by Gasteiger charge is -2.08. The predicted molar refractivity (Wildman–Crippen MR) is 56.9 cm³/mol. The summed E-state index contributed by atoms with van der Waals surface area (Å²) in [5.41, 5.74) is 6.66. The van der Waals surface area contributed by atoms with Crippen molar-refractivity contribution in [3.05, 3.63) is 42.0 Å². The van der Waals surface area contributed by atoms with Crippen LogP contribution in [0.3, 0.4) is 0 Å². The molecule has 82 valence electrons. The molecule has 3 N–H and O–H groups in total. The molecular weight excluding hydrogens is 208 g/mol. The first-order valence-corrected chi connectivity index (χ1v) is 4.61. The fraction of sp³-hybridized carbons (Fsp3) is 0.100. The molecule has 0 atom stereocenters. The standard InChI is InChI=1S/C10H10N4O2/c11-8-3-1-2-7(9(8)10(15)16)4-14-5-12-13-6-14/h1-3,5-6H,4,11H2,(H,15,16). The van der Waals surface area contributed by atoms with Crippen LogP contribution in [-0.4, -0.2) is 25.8 Å². The van der Waals surface area contributed by atoms with Gasteiger partial charge in [-0.25, -0.2) is 4.79 Å². The van der Waals surface area contributed by atoms with Crippen LogP contribution in [0.4, 0.5) is 5.69 Å². The van der Waals surface area contributed by atoms with Crippen LogP contribution < -0.4 is 5.73 Å². The molecule has 0 fully saturated rings. The summed E-state index contributed by atoms with van der Waals surface area (Å²) >= 11 is 0. The maximum Gasteiger partial charge on any atom is 0.338 e. The molecule has 0 bridgehead atoms. The van der Waals surface area contributed by atoms with Gasteiger partial charge in [-0.05, 0) is 11.6 Å². The van der Waals surface area contributed by atoms with Gasteiger partial charge in [-0.1, -0.05) is 12.1 Å². The fourth-order valence-electron chi connectivity index (χ4n) is 1.51. The lowest BCUT2D eigenvalue weighted by Crippen LogP contribution is -2.09. The third kappa shape index (κ3) is 1.85. The zero-order valence-corrected chi connectivity index (χ0v) is 8.37. The van der Waals surface area contributed by atoms with Gasteiger partial charge in [-0.3, -0.25) is 0 Å². The second-order valence-corrected chi connectivity index (χ2v) is 3.32. The topological polar surface area (TPSA) is 94.0 Å². The third-order valence-corrected chi connectivity index (χ3v) is 2.22. The highest BCUT2D eigenvalue weighted by atomic mass is 16.4. The van der Waals surface area contributed by atoms with Gasteiger partial charge in [0.05, 0.1) is 12.1 Å². The number of nitrogens with two attached hydrogens (primary N) is 1. The summed E-state index contributed by atoms with van der Waals surface area (Å²) < 4.78 is 1.68. The normalized spacial score (nSPS) is 10.2. The van der Waals surface area contributed by atoms with Crippen LogP contribution in [-0.2, 0) is 6.54 Å². The van der Waals surface area contributed by atoms with E-state index in [0.29, 0.717) is 12.1 Å². The number of hydrogen-bond donors (Lipinski definition) is 2. The highest BCUT2D eigenvalue weighted by Crippen LogP contribution is 2.17. The van der Waals surface area contributed by atoms with Gasteiger partial charge in [-0.15, -0.1) is 10.2 Å². The monoisotopic (exact) mass is 218 g/mol. The van der Waals surface area contributed by atoms with Crippen molar-refractivity contribution in [2.24, 2.45) is 0 Å². The molecular formula is C10H10N4O2. The van der Waals surface area contributed by atoms with Crippen LogP contribution in [0, 0.1) is 0 Å². The molecule has 0 aliphatic carbocycles. The van der Waals surface area contributed by atoms with Gasteiger partial charge in [0.1, 0.15) is 12.7 Å². The summed E-state index contributed by atoms with van der Waals surface area (Å²) in [6.45, 7) is 0.389. The molecule has 0 unspecified atom stereocenters. The predicted octanol–water partition coefficient (Wildman–Crippen LogP) is 0.607. The van der Waals surface area contributed by atoms with Crippen molar-refractivity contribution in [2.75, 3.05) is 5.73 Å². The first-order valence-electron chi connectivity index (χ1n) is 4.61. The summed E-state index contributed by atoms with van der Waals surface area (Å²) in [7, 11) is 0. The van der Waals surface area contributed by atoms with E-state index in [1.165, 1.54) is 12.7 Å². The Kier molecular flexibility index (Phi) is 2.55. The van der Waals surface area contributed by atoms with Crippen molar-refractivity contribution in [2.45, 2.75) is 6.54 Å². The summed E-state index contributed by atoms with van der Waals surface area (Å²) in [5, 5.41) is 16.4. The second-order valence-electron chi connectivity index (χ2n) is 3.32. The largest absolute Gasteiger partial charge is 0.478 e. The summed E-state index contributed by atoms with van der Waals surface area (Å²) in [6.07, 6.45) is 3.05. The fourth-order valence-corrected chi connectivity index (χ4v) is 1.51. The minimum atomic E-state index is -1.03. The van der Waals surface area contributed by atoms with Gasteiger partial charge in [0.2, 0.25) is 0 Å². The Morgan fingerprint density at radius 3 is 2.69 bits per heavy atom. The molecule has 16 heavy (non-hydrogen) atoms. The van der Waals surface area contributed by atoms with E-state index in [2.05, 4.69) is 10.2 Å². The molecule has 0 spiro atoms. The molecule has 0 saturated carbocycles. The van der Waals surface area contributed by atoms with Gasteiger partial charge in [-0.2, -0.15) is 0 Å². The zero-order chi connectivity index (χ0) is 11.5. The first-order chi connectivity index (χ1) is 7.68. The molecule has 0 radical (unpaired) electrons. The van der Waals surface area contributed by atoms with Crippen molar-refractivity contribution in [1.82, 2.24) is 14.8 Å². The number of hydrogen-bond acceptors (Lipinski definition) is 4. The minimum absolute atomic E-state index is 0.135. The molecule has 2 rings (SSSR count). The van der Waals surface area contributed by atoms with Crippen molar-refractivity contribution in [1.29, 1.82) is 0 Å². The number of carbonyl (C=O) groups is 1. The molecule has 6 nitrogen and oxygen atoms in total. The lowest BCUT2D eigenvalue weighted by atomic mass is 10.1. The smallest absolute Gasteiger partial charge is 0.338 e. The summed E-state index contributed by atoms with van der Waals surface area (Å²) in [4.78, 5) is 11.1. The molecule has 1 aromatic heterocycles. The SMILES string of the molecule is Nc1cccc(Cn2cnnc2)c1C(=O)O. The minimum Gasteiger partial charge on any atom is -0.478 e. The molecule has 0 amide bonds. The Morgan fingerprint density at radius 2 is 2.06 bits per heavy atom. The molecule has 2 aromatic rings. The Hall–Kier alpha value is -2.37. The second kappa shape index (κ2) is 4.01. The average molecular weight is 218 g/mol. The molecule has 0 aliphatic rings. The van der Waals surface area contributed by atoms with Gasteiger partial charge < -0.3 is 15.4 Å². The molecule has 0 saturated heterocycles. The number of aromatic carboxylic acids is 1. The van der Waals surface area contributed by atoms with Gasteiger partial charge in [0.25, 0.3) is 0 Å². The van der Waals surface area contributed by atoms with Crippen molar-refractivity contribution in [3.63, 3.8) is 0 Å². The van der Waals surface area contributed by atoms with Crippen LogP contribution in [0.5, 0.6) is 0 Å². The van der Waals surface area contributed by atoms with E-state index in [0.717, 1.165) is 0 Å². The molecule has 1 heterocycles. The maximum atomic E-state index is 11.1. The Morgan fingerprint density at radius 1 is 1.38 bits per heavy atom. The summed E-state index contributed by atoms with van der Waals surface area (Å²) in [5.74, 6) is -1.03. The average Bonchev–Trinajstić information content (AvgIpc) is 2.70.